The van der Waals surface area contributed by atoms with Gasteiger partial charge in [-0.05, 0) is 62.4 Å². The Balaban J connectivity index is 1.46. The average Bonchev–Trinajstić information content (AvgIpc) is 3.19. The minimum Gasteiger partial charge on any atom is -0.456 e. The van der Waals surface area contributed by atoms with Crippen LogP contribution in [0.3, 0.4) is 0 Å². The largest absolute Gasteiger partial charge is 0.456 e. The van der Waals surface area contributed by atoms with Crippen molar-refractivity contribution in [2.75, 3.05) is 31.1 Å². The zero-order chi connectivity index (χ0) is 23.5. The van der Waals surface area contributed by atoms with Gasteiger partial charge in [-0.15, -0.1) is 0 Å². The number of aromatic nitrogens is 3. The third-order valence-electron chi connectivity index (χ3n) is 6.32. The van der Waals surface area contributed by atoms with Crippen LogP contribution in [-0.4, -0.2) is 47.3 Å². The lowest BCUT2D eigenvalue weighted by atomic mass is 10.0. The fourth-order valence-corrected chi connectivity index (χ4v) is 4.59. The molecule has 6 rings (SSSR count). The molecule has 34 heavy (non-hydrogen) atoms. The van der Waals surface area contributed by atoms with Crippen LogP contribution in [0.1, 0.15) is 29.7 Å². The summed E-state index contributed by atoms with van der Waals surface area (Å²) in [6.07, 6.45) is 6.83. The molecule has 3 aliphatic rings. The summed E-state index contributed by atoms with van der Waals surface area (Å²) in [5, 5.41) is 9.45. The molecule has 8 heteroatoms. The molecule has 2 atom stereocenters. The Labute approximate surface area is 199 Å². The fraction of sp³-hybridized carbons (Fsp3) is 0.385. The van der Waals surface area contributed by atoms with E-state index in [0.717, 1.165) is 55.2 Å². The molecule has 1 aromatic carbocycles. The van der Waals surface area contributed by atoms with Crippen molar-refractivity contribution in [3.05, 3.63) is 59.5 Å². The van der Waals surface area contributed by atoms with E-state index in [1.165, 1.54) is 6.42 Å². The van der Waals surface area contributed by atoms with Gasteiger partial charge in [0.1, 0.15) is 17.3 Å². The first-order chi connectivity index (χ1) is 16.6. The molecule has 3 aromatic rings. The van der Waals surface area contributed by atoms with E-state index in [2.05, 4.69) is 20.9 Å². The normalized spacial score (nSPS) is 19.5. The zero-order valence-electron chi connectivity index (χ0n) is 19.3. The van der Waals surface area contributed by atoms with Gasteiger partial charge in [-0.2, -0.15) is 5.26 Å². The molecular weight excluding hydrogens is 428 g/mol. The quantitative estimate of drug-likeness (QED) is 0.599. The summed E-state index contributed by atoms with van der Waals surface area (Å²) in [6, 6.07) is 11.3. The van der Waals surface area contributed by atoms with Crippen molar-refractivity contribution in [2.45, 2.75) is 32.3 Å². The van der Waals surface area contributed by atoms with Gasteiger partial charge in [0.05, 0.1) is 29.9 Å². The van der Waals surface area contributed by atoms with Crippen LogP contribution in [0.15, 0.2) is 42.7 Å². The van der Waals surface area contributed by atoms with E-state index in [1.807, 2.05) is 25.1 Å². The Morgan fingerprint density at radius 3 is 2.76 bits per heavy atom. The number of rotatable bonds is 6. The van der Waals surface area contributed by atoms with Gasteiger partial charge in [0, 0.05) is 43.3 Å². The molecule has 5 heterocycles. The van der Waals surface area contributed by atoms with Gasteiger partial charge in [-0.3, -0.25) is 0 Å². The lowest BCUT2D eigenvalue weighted by Crippen LogP contribution is -2.31. The topological polar surface area (TPSA) is 110 Å². The van der Waals surface area contributed by atoms with Crippen LogP contribution in [0.4, 0.5) is 5.82 Å². The highest BCUT2D eigenvalue weighted by Gasteiger charge is 2.31. The van der Waals surface area contributed by atoms with Gasteiger partial charge >= 0.3 is 0 Å². The summed E-state index contributed by atoms with van der Waals surface area (Å²) in [4.78, 5) is 16.1. The van der Waals surface area contributed by atoms with Crippen LogP contribution in [0.25, 0.3) is 11.4 Å². The van der Waals surface area contributed by atoms with Crippen LogP contribution in [0.2, 0.25) is 0 Å². The number of ether oxygens (including phenoxy) is 2. The van der Waals surface area contributed by atoms with Crippen LogP contribution >= 0.6 is 0 Å². The van der Waals surface area contributed by atoms with E-state index in [-0.39, 0.29) is 6.10 Å². The minimum absolute atomic E-state index is 0.253. The Hall–Kier alpha value is -3.54. The SMILES string of the molecule is Cc1cc(Oc2cc(C#N)ccc2-c2ncc(CCN)cn2)cc(N2CC3CCC(C2)OC3)n1. The maximum absolute atomic E-state index is 9.45. The second-order valence-corrected chi connectivity index (χ2v) is 8.98. The van der Waals surface area contributed by atoms with Crippen molar-refractivity contribution in [3.63, 3.8) is 0 Å². The number of hydrogen-bond acceptors (Lipinski definition) is 8. The van der Waals surface area contributed by atoms with Crippen LogP contribution in [0.5, 0.6) is 11.5 Å². The summed E-state index contributed by atoms with van der Waals surface area (Å²) < 4.78 is 12.3. The van der Waals surface area contributed by atoms with Gasteiger partial charge in [-0.1, -0.05) is 0 Å². The monoisotopic (exact) mass is 456 g/mol. The zero-order valence-corrected chi connectivity index (χ0v) is 19.3. The number of anilines is 1. The maximum Gasteiger partial charge on any atom is 0.162 e. The highest BCUT2D eigenvalue weighted by atomic mass is 16.5. The van der Waals surface area contributed by atoms with Crippen molar-refractivity contribution < 1.29 is 9.47 Å². The lowest BCUT2D eigenvalue weighted by Gasteiger charge is -2.24. The number of pyridine rings is 1. The molecule has 2 aromatic heterocycles. The number of nitrogens with zero attached hydrogens (tertiary/aromatic N) is 5. The van der Waals surface area contributed by atoms with E-state index in [0.29, 0.717) is 35.3 Å². The molecule has 3 saturated heterocycles. The van der Waals surface area contributed by atoms with Gasteiger partial charge in [-0.25, -0.2) is 15.0 Å². The first-order valence-electron chi connectivity index (χ1n) is 11.7. The Morgan fingerprint density at radius 2 is 2.03 bits per heavy atom. The number of nitriles is 1. The molecule has 174 valence electrons. The molecule has 2 unspecified atom stereocenters. The summed E-state index contributed by atoms with van der Waals surface area (Å²) in [6.45, 7) is 5.10. The summed E-state index contributed by atoms with van der Waals surface area (Å²) in [5.41, 5.74) is 8.70. The summed E-state index contributed by atoms with van der Waals surface area (Å²) >= 11 is 0. The maximum atomic E-state index is 9.45. The van der Waals surface area contributed by atoms with Gasteiger partial charge in [0.2, 0.25) is 0 Å². The number of aryl methyl sites for hydroxylation is 1. The number of hydrogen-bond donors (Lipinski definition) is 1. The Morgan fingerprint density at radius 1 is 1.18 bits per heavy atom. The van der Waals surface area contributed by atoms with E-state index in [1.54, 1.807) is 24.5 Å². The van der Waals surface area contributed by atoms with Gasteiger partial charge < -0.3 is 20.1 Å². The molecule has 8 nitrogen and oxygen atoms in total. The third-order valence-corrected chi connectivity index (χ3v) is 6.32. The molecule has 2 N–H and O–H groups in total. The predicted molar refractivity (Wildman–Crippen MR) is 129 cm³/mol. The Bertz CT molecular complexity index is 1180. The first-order valence-corrected chi connectivity index (χ1v) is 11.7. The third kappa shape index (κ3) is 4.86. The van der Waals surface area contributed by atoms with Crippen LogP contribution in [0, 0.1) is 24.2 Å². The molecule has 0 radical (unpaired) electrons. The predicted octanol–water partition coefficient (Wildman–Crippen LogP) is 3.63. The second kappa shape index (κ2) is 9.75. The highest BCUT2D eigenvalue weighted by molar-refractivity contribution is 5.66. The van der Waals surface area contributed by atoms with Gasteiger partial charge in [0.25, 0.3) is 0 Å². The number of nitrogens with two attached hydrogens (primary N) is 1. The summed E-state index contributed by atoms with van der Waals surface area (Å²) in [7, 11) is 0. The standard InChI is InChI=1S/C26H28N6O2/c1-17-8-22(10-25(31-17)32-14-20-2-4-21(15-32)33-16-20)34-24-9-18(11-28)3-5-23(24)26-29-12-19(6-7-27)13-30-26/h3,5,8-10,12-13,20-21H,2,4,6-7,14-16,27H2,1H3. The molecule has 0 amide bonds. The molecule has 3 aliphatic heterocycles. The number of fused-ring (bicyclic) bond motifs is 4. The van der Waals surface area contributed by atoms with Crippen molar-refractivity contribution >= 4 is 5.82 Å². The van der Waals surface area contributed by atoms with E-state index < -0.39 is 0 Å². The highest BCUT2D eigenvalue weighted by Crippen LogP contribution is 2.35. The second-order valence-electron chi connectivity index (χ2n) is 8.98. The van der Waals surface area contributed by atoms with Crippen molar-refractivity contribution in [3.8, 4) is 29.0 Å². The van der Waals surface area contributed by atoms with Crippen molar-refractivity contribution in [1.82, 2.24) is 15.0 Å². The number of benzene rings is 1. The average molecular weight is 457 g/mol. The Kier molecular flexibility index (Phi) is 6.39. The lowest BCUT2D eigenvalue weighted by molar-refractivity contribution is 0.00762. The molecule has 0 aliphatic carbocycles. The minimum atomic E-state index is 0.253. The van der Waals surface area contributed by atoms with Gasteiger partial charge in [0.15, 0.2) is 5.82 Å². The van der Waals surface area contributed by atoms with E-state index in [9.17, 15) is 5.26 Å². The molecule has 0 saturated carbocycles. The van der Waals surface area contributed by atoms with E-state index in [4.69, 9.17) is 20.2 Å². The molecule has 3 fully saturated rings. The van der Waals surface area contributed by atoms with E-state index >= 15 is 0 Å². The fourth-order valence-electron chi connectivity index (χ4n) is 4.59. The van der Waals surface area contributed by atoms with Crippen LogP contribution in [-0.2, 0) is 11.2 Å². The summed E-state index contributed by atoms with van der Waals surface area (Å²) in [5.74, 6) is 3.14. The molecule has 2 bridgehead atoms. The smallest absolute Gasteiger partial charge is 0.162 e. The van der Waals surface area contributed by atoms with Crippen LogP contribution < -0.4 is 15.4 Å². The van der Waals surface area contributed by atoms with Crippen molar-refractivity contribution in [2.24, 2.45) is 11.7 Å². The molecule has 0 spiro atoms. The molecular formula is C26H28N6O2. The van der Waals surface area contributed by atoms with Crippen molar-refractivity contribution in [1.29, 1.82) is 5.26 Å². The first kappa shape index (κ1) is 22.3.